The minimum absolute atomic E-state index is 0.0152. The third-order valence-corrected chi connectivity index (χ3v) is 9.69. The van der Waals surface area contributed by atoms with Gasteiger partial charge in [-0.1, -0.05) is 48.5 Å². The summed E-state index contributed by atoms with van der Waals surface area (Å²) >= 11 is 1.15. The second-order valence-electron chi connectivity index (χ2n) is 10.3. The summed E-state index contributed by atoms with van der Waals surface area (Å²) in [4.78, 5) is 69.8. The number of imidazole rings is 1. The maximum absolute atomic E-state index is 13.9. The van der Waals surface area contributed by atoms with Gasteiger partial charge in [-0.3, -0.25) is 23.7 Å². The van der Waals surface area contributed by atoms with Gasteiger partial charge in [-0.25, -0.2) is 9.37 Å². The summed E-state index contributed by atoms with van der Waals surface area (Å²) in [6, 6.07) is 14.7. The zero-order valence-electron chi connectivity index (χ0n) is 23.9. The van der Waals surface area contributed by atoms with E-state index in [9.17, 15) is 33.0 Å². The number of amides is 4. The molecule has 2 aromatic carbocycles. The highest BCUT2D eigenvalue weighted by Gasteiger charge is 2.36. The van der Waals surface area contributed by atoms with Crippen LogP contribution in [0.2, 0.25) is 0 Å². The molecule has 4 aromatic rings. The zero-order chi connectivity index (χ0) is 32.4. The number of primary amides is 1. The third kappa shape index (κ3) is 9.93. The Labute approximate surface area is 262 Å². The molecule has 15 heteroatoms. The second kappa shape index (κ2) is 15.4. The normalized spacial score (nSPS) is 14.4. The molecule has 2 unspecified atom stereocenters. The van der Waals surface area contributed by atoms with Crippen LogP contribution in [0.4, 0.5) is 4.39 Å². The predicted octanol–water partition coefficient (Wildman–Crippen LogP) is 2.12. The van der Waals surface area contributed by atoms with Crippen molar-refractivity contribution in [1.82, 2.24) is 25.9 Å². The molecule has 45 heavy (non-hydrogen) atoms. The Kier molecular flexibility index (Phi) is 11.4. The fourth-order valence-corrected chi connectivity index (χ4v) is 6.70. The highest BCUT2D eigenvalue weighted by Crippen LogP contribution is 2.46. The number of nitrogens with two attached hydrogens (primary N) is 1. The molecule has 0 aliphatic carbocycles. The summed E-state index contributed by atoms with van der Waals surface area (Å²) in [7, 11) is -4.45. The topological polar surface area (TPSA) is 196 Å². The van der Waals surface area contributed by atoms with Gasteiger partial charge in [0.15, 0.2) is 0 Å². The van der Waals surface area contributed by atoms with E-state index in [-0.39, 0.29) is 19.3 Å². The van der Waals surface area contributed by atoms with E-state index in [1.54, 1.807) is 53.9 Å². The van der Waals surface area contributed by atoms with E-state index in [1.165, 1.54) is 30.7 Å². The fourth-order valence-electron chi connectivity index (χ4n) is 4.54. The first kappa shape index (κ1) is 33.2. The molecular weight excluding hydrogens is 622 g/mol. The summed E-state index contributed by atoms with van der Waals surface area (Å²) in [6.07, 6.45) is 1.65. The average molecular weight is 655 g/mol. The number of nitrogens with zero attached hydrogens (tertiary/aromatic N) is 1. The number of rotatable bonds is 15. The van der Waals surface area contributed by atoms with Crippen LogP contribution in [0.15, 0.2) is 84.6 Å². The van der Waals surface area contributed by atoms with Crippen molar-refractivity contribution in [1.29, 1.82) is 0 Å². The number of carbonyl (C=O) groups is 4. The van der Waals surface area contributed by atoms with Crippen LogP contribution >= 0.6 is 18.7 Å². The summed E-state index contributed by atoms with van der Waals surface area (Å²) in [6.45, 7) is 0. The van der Waals surface area contributed by atoms with E-state index in [4.69, 9.17) is 5.73 Å². The molecule has 0 bridgehead atoms. The van der Waals surface area contributed by atoms with Crippen LogP contribution in [0.25, 0.3) is 0 Å². The van der Waals surface area contributed by atoms with E-state index < -0.39 is 60.8 Å². The quantitative estimate of drug-likeness (QED) is 0.106. The number of aromatic nitrogens is 2. The minimum Gasteiger partial charge on any atom is -0.368 e. The van der Waals surface area contributed by atoms with Crippen molar-refractivity contribution in [2.45, 2.75) is 37.1 Å². The number of hydrogen-bond donors (Lipinski definition) is 6. The number of H-pyrrole nitrogens is 1. The van der Waals surface area contributed by atoms with Gasteiger partial charge in [0.05, 0.1) is 11.2 Å². The van der Waals surface area contributed by atoms with Crippen LogP contribution < -0.4 is 21.7 Å². The van der Waals surface area contributed by atoms with Gasteiger partial charge < -0.3 is 31.6 Å². The lowest BCUT2D eigenvalue weighted by Gasteiger charge is -2.26. The predicted molar refractivity (Wildman–Crippen MR) is 166 cm³/mol. The van der Waals surface area contributed by atoms with Crippen molar-refractivity contribution in [3.8, 4) is 0 Å². The number of halogens is 1. The van der Waals surface area contributed by atoms with Gasteiger partial charge in [0, 0.05) is 31.2 Å². The van der Waals surface area contributed by atoms with Gasteiger partial charge in [0.25, 0.3) is 5.91 Å². The Balaban J connectivity index is 1.53. The molecule has 2 aromatic heterocycles. The molecule has 0 aliphatic heterocycles. The highest BCUT2D eigenvalue weighted by molar-refractivity contribution is 7.59. The van der Waals surface area contributed by atoms with Crippen molar-refractivity contribution < 1.29 is 33.0 Å². The molecule has 4 amide bonds. The third-order valence-electron chi connectivity index (χ3n) is 6.79. The molecule has 7 N–H and O–H groups in total. The summed E-state index contributed by atoms with van der Waals surface area (Å²) in [5.41, 5.74) is 7.01. The molecule has 0 aliphatic rings. The van der Waals surface area contributed by atoms with Gasteiger partial charge in [0.1, 0.15) is 29.8 Å². The molecule has 4 atom stereocenters. The van der Waals surface area contributed by atoms with E-state index in [1.807, 2.05) is 0 Å². The summed E-state index contributed by atoms with van der Waals surface area (Å²) in [5, 5.41) is 9.24. The Morgan fingerprint density at radius 1 is 0.933 bits per heavy atom. The first-order chi connectivity index (χ1) is 21.5. The van der Waals surface area contributed by atoms with E-state index in [2.05, 4.69) is 25.9 Å². The lowest BCUT2D eigenvalue weighted by Crippen LogP contribution is -2.54. The fraction of sp³-hybridized carbons (Fsp3) is 0.233. The average Bonchev–Trinajstić information content (AvgIpc) is 3.71. The Hall–Kier alpha value is -4.65. The first-order valence-electron chi connectivity index (χ1n) is 13.8. The Bertz CT molecular complexity index is 1650. The molecule has 0 saturated carbocycles. The van der Waals surface area contributed by atoms with Gasteiger partial charge in [0.2, 0.25) is 25.1 Å². The van der Waals surface area contributed by atoms with Gasteiger partial charge in [-0.05, 0) is 34.7 Å². The summed E-state index contributed by atoms with van der Waals surface area (Å²) < 4.78 is 27.6. The number of aromatic amines is 1. The minimum atomic E-state index is -4.45. The molecular formula is C30H32FN6O6PS. The van der Waals surface area contributed by atoms with Crippen LogP contribution in [-0.4, -0.2) is 62.5 Å². The van der Waals surface area contributed by atoms with Crippen LogP contribution in [0.5, 0.6) is 0 Å². The van der Waals surface area contributed by atoms with Crippen LogP contribution in [0, 0.1) is 5.82 Å². The van der Waals surface area contributed by atoms with Crippen molar-refractivity contribution in [3.63, 3.8) is 0 Å². The van der Waals surface area contributed by atoms with Crippen LogP contribution in [-0.2, 0) is 38.2 Å². The Morgan fingerprint density at radius 3 is 2.33 bits per heavy atom. The lowest BCUT2D eigenvalue weighted by molar-refractivity contribution is -0.130. The van der Waals surface area contributed by atoms with Gasteiger partial charge in [-0.15, -0.1) is 11.3 Å². The standard InChI is InChI=1S/C30H32FN6O6PS/c31-21-9-4-8-20(12-21)13-24(29(40)36-23(28(32)39)15-22-16-33-18-34-22)35-26(38)17-44(42,43)27(14-19-6-2-1-3-7-19)37-30(41)25-10-5-11-45-25/h1-12,16,18,23-24,27H,13-15,17H2,(H2,32,39)(H,33,34)(H,35,38)(H,36,40)(H,37,41)(H,42,43)/t23-,24-,27?/m0/s1. The molecule has 4 rings (SSSR count). The molecule has 236 valence electrons. The molecule has 0 radical (unpaired) electrons. The smallest absolute Gasteiger partial charge is 0.262 e. The zero-order valence-corrected chi connectivity index (χ0v) is 25.6. The maximum atomic E-state index is 13.9. The summed E-state index contributed by atoms with van der Waals surface area (Å²) in [5.74, 6) is -5.11. The van der Waals surface area contributed by atoms with Crippen LogP contribution in [0.3, 0.4) is 0 Å². The lowest BCUT2D eigenvalue weighted by atomic mass is 10.0. The molecule has 12 nitrogen and oxygen atoms in total. The number of benzene rings is 2. The SMILES string of the molecule is NC(=O)[C@H](Cc1cnc[nH]1)NC(=O)[C@H](Cc1cccc(F)c1)NC(=O)CP(=O)(O)C(Cc1ccccc1)NC(=O)c1cccs1. The van der Waals surface area contributed by atoms with Crippen molar-refractivity contribution >= 4 is 42.3 Å². The molecule has 0 saturated heterocycles. The van der Waals surface area contributed by atoms with E-state index in [0.717, 1.165) is 11.3 Å². The number of carbonyl (C=O) groups excluding carboxylic acids is 4. The monoisotopic (exact) mass is 654 g/mol. The number of nitrogens with one attached hydrogen (secondary N) is 4. The number of thiophene rings is 1. The first-order valence-corrected chi connectivity index (χ1v) is 16.6. The van der Waals surface area contributed by atoms with Crippen molar-refractivity contribution in [3.05, 3.63) is 112 Å². The highest BCUT2D eigenvalue weighted by atomic mass is 32.1. The largest absolute Gasteiger partial charge is 0.368 e. The molecule has 2 heterocycles. The molecule has 0 spiro atoms. The van der Waals surface area contributed by atoms with Gasteiger partial charge in [-0.2, -0.15) is 0 Å². The maximum Gasteiger partial charge on any atom is 0.262 e. The number of hydrogen-bond acceptors (Lipinski definition) is 7. The molecule has 0 fully saturated rings. The van der Waals surface area contributed by atoms with E-state index in [0.29, 0.717) is 21.7 Å². The second-order valence-corrected chi connectivity index (χ2v) is 13.7. The van der Waals surface area contributed by atoms with Crippen LogP contribution in [0.1, 0.15) is 26.5 Å². The van der Waals surface area contributed by atoms with E-state index >= 15 is 0 Å². The van der Waals surface area contributed by atoms with Crippen molar-refractivity contribution in [2.75, 3.05) is 6.16 Å². The Morgan fingerprint density at radius 2 is 1.69 bits per heavy atom. The van der Waals surface area contributed by atoms with Crippen molar-refractivity contribution in [2.24, 2.45) is 5.73 Å². The van der Waals surface area contributed by atoms with Gasteiger partial charge >= 0.3 is 0 Å².